The molecule has 1 N–H and O–H groups in total. The van der Waals surface area contributed by atoms with Gasteiger partial charge in [-0.3, -0.25) is 0 Å². The first-order valence-corrected chi connectivity index (χ1v) is 6.97. The Labute approximate surface area is 108 Å². The topological polar surface area (TPSA) is 38.7 Å². The molecule has 2 aliphatic heterocycles. The van der Waals surface area contributed by atoms with Crippen LogP contribution < -0.4 is 0 Å². The van der Waals surface area contributed by atoms with Crippen molar-refractivity contribution in [3.63, 3.8) is 0 Å². The minimum atomic E-state index is -0.964. The van der Waals surface area contributed by atoms with Crippen molar-refractivity contribution in [3.8, 4) is 0 Å². The van der Waals surface area contributed by atoms with Crippen LogP contribution in [0.3, 0.4) is 0 Å². The lowest BCUT2D eigenvalue weighted by Crippen LogP contribution is -2.68. The molecule has 3 rings (SSSR count). The molecule has 3 atom stereocenters. The minimum absolute atomic E-state index is 0.323. The fourth-order valence-electron chi connectivity index (χ4n) is 4.11. The van der Waals surface area contributed by atoms with Crippen LogP contribution in [-0.2, 0) is 9.47 Å². The van der Waals surface area contributed by atoms with E-state index in [2.05, 4.69) is 12.7 Å². The molecular weight excluding hydrogens is 228 g/mol. The molecule has 0 aromatic heterocycles. The number of aliphatic hydroxyl groups is 1. The van der Waals surface area contributed by atoms with Gasteiger partial charge in [0.2, 0.25) is 0 Å². The lowest BCUT2D eigenvalue weighted by molar-refractivity contribution is -0.241. The molecule has 0 aromatic carbocycles. The summed E-state index contributed by atoms with van der Waals surface area (Å²) in [4.78, 5) is 0. The van der Waals surface area contributed by atoms with Gasteiger partial charge in [0.25, 0.3) is 0 Å². The zero-order valence-corrected chi connectivity index (χ0v) is 10.9. The maximum atomic E-state index is 11.1. The molecule has 0 unspecified atom stereocenters. The third-order valence-electron chi connectivity index (χ3n) is 4.86. The van der Waals surface area contributed by atoms with Crippen molar-refractivity contribution in [3.05, 3.63) is 24.8 Å². The SMILES string of the molecule is C=CC[C@@]1(O)C=CC[C@]2(CCCO2)[C@]12CCCO2. The third kappa shape index (κ3) is 1.41. The maximum absolute atomic E-state index is 11.1. The van der Waals surface area contributed by atoms with Gasteiger partial charge in [-0.25, -0.2) is 0 Å². The Hall–Kier alpha value is -0.640. The molecule has 0 aromatic rings. The highest BCUT2D eigenvalue weighted by Gasteiger charge is 2.66. The van der Waals surface area contributed by atoms with Gasteiger partial charge in [-0.1, -0.05) is 18.2 Å². The van der Waals surface area contributed by atoms with E-state index in [1.165, 1.54) is 0 Å². The van der Waals surface area contributed by atoms with Gasteiger partial charge in [0, 0.05) is 19.6 Å². The van der Waals surface area contributed by atoms with E-state index < -0.39 is 11.2 Å². The first-order chi connectivity index (χ1) is 8.68. The quantitative estimate of drug-likeness (QED) is 0.765. The van der Waals surface area contributed by atoms with Crippen LogP contribution in [-0.4, -0.2) is 35.1 Å². The van der Waals surface area contributed by atoms with Gasteiger partial charge in [-0.2, -0.15) is 0 Å². The van der Waals surface area contributed by atoms with Gasteiger partial charge in [-0.15, -0.1) is 6.58 Å². The van der Waals surface area contributed by atoms with Crippen LogP contribution in [0, 0.1) is 0 Å². The molecule has 0 radical (unpaired) electrons. The Morgan fingerprint density at radius 3 is 2.61 bits per heavy atom. The van der Waals surface area contributed by atoms with Crippen LogP contribution in [0.5, 0.6) is 0 Å². The van der Waals surface area contributed by atoms with Crippen molar-refractivity contribution < 1.29 is 14.6 Å². The van der Waals surface area contributed by atoms with E-state index in [-0.39, 0.29) is 5.60 Å². The van der Waals surface area contributed by atoms with Gasteiger partial charge in [0.05, 0.1) is 0 Å². The van der Waals surface area contributed by atoms with E-state index in [1.54, 1.807) is 6.08 Å². The Morgan fingerprint density at radius 1 is 1.22 bits per heavy atom. The van der Waals surface area contributed by atoms with Gasteiger partial charge >= 0.3 is 0 Å². The molecule has 2 fully saturated rings. The number of ether oxygens (including phenoxy) is 2. The predicted octanol–water partition coefficient (Wildman–Crippen LogP) is 2.35. The molecule has 2 heterocycles. The third-order valence-corrected chi connectivity index (χ3v) is 4.86. The van der Waals surface area contributed by atoms with E-state index in [0.717, 1.165) is 45.3 Å². The fourth-order valence-corrected chi connectivity index (χ4v) is 4.11. The van der Waals surface area contributed by atoms with E-state index >= 15 is 0 Å². The van der Waals surface area contributed by atoms with E-state index in [9.17, 15) is 5.11 Å². The van der Waals surface area contributed by atoms with Crippen molar-refractivity contribution in [2.75, 3.05) is 13.2 Å². The number of rotatable bonds is 2. The van der Waals surface area contributed by atoms with Crippen LogP contribution in [0.4, 0.5) is 0 Å². The number of hydrogen-bond acceptors (Lipinski definition) is 3. The number of hydrogen-bond donors (Lipinski definition) is 1. The van der Waals surface area contributed by atoms with E-state index in [1.807, 2.05) is 6.08 Å². The smallest absolute Gasteiger partial charge is 0.130 e. The first-order valence-electron chi connectivity index (χ1n) is 6.97. The monoisotopic (exact) mass is 250 g/mol. The van der Waals surface area contributed by atoms with Gasteiger partial charge in [0.1, 0.15) is 16.8 Å². The summed E-state index contributed by atoms with van der Waals surface area (Å²) < 4.78 is 12.2. The molecule has 3 heteroatoms. The summed E-state index contributed by atoms with van der Waals surface area (Å²) >= 11 is 0. The van der Waals surface area contributed by atoms with Crippen molar-refractivity contribution in [2.24, 2.45) is 0 Å². The molecule has 3 nitrogen and oxygen atoms in total. The lowest BCUT2D eigenvalue weighted by atomic mass is 9.62. The molecule has 3 aliphatic rings. The highest BCUT2D eigenvalue weighted by molar-refractivity contribution is 5.29. The van der Waals surface area contributed by atoms with Crippen molar-refractivity contribution in [1.82, 2.24) is 0 Å². The first kappa shape index (κ1) is 12.4. The van der Waals surface area contributed by atoms with Crippen LogP contribution in [0.1, 0.15) is 38.5 Å². The van der Waals surface area contributed by atoms with E-state index in [0.29, 0.717) is 6.42 Å². The summed E-state index contributed by atoms with van der Waals surface area (Å²) in [6.45, 7) is 5.28. The Bertz CT molecular complexity index is 362. The molecule has 0 saturated carbocycles. The molecule has 2 saturated heterocycles. The summed E-state index contributed by atoms with van der Waals surface area (Å²) in [6, 6.07) is 0. The molecule has 0 amide bonds. The van der Waals surface area contributed by atoms with Crippen molar-refractivity contribution >= 4 is 0 Å². The van der Waals surface area contributed by atoms with Crippen LogP contribution in [0.2, 0.25) is 0 Å². The van der Waals surface area contributed by atoms with Crippen molar-refractivity contribution in [2.45, 2.75) is 55.3 Å². The molecular formula is C15H22O3. The highest BCUT2D eigenvalue weighted by Crippen LogP contribution is 2.55. The summed E-state index contributed by atoms with van der Waals surface area (Å²) in [5.74, 6) is 0. The van der Waals surface area contributed by atoms with Crippen LogP contribution >= 0.6 is 0 Å². The molecule has 2 spiro atoms. The van der Waals surface area contributed by atoms with Crippen LogP contribution in [0.15, 0.2) is 24.8 Å². The average Bonchev–Trinajstić information content (AvgIpc) is 2.97. The molecule has 18 heavy (non-hydrogen) atoms. The zero-order valence-electron chi connectivity index (χ0n) is 10.9. The highest BCUT2D eigenvalue weighted by atomic mass is 16.6. The summed E-state index contributed by atoms with van der Waals surface area (Å²) in [6.07, 6.45) is 11.0. The second-order valence-corrected chi connectivity index (χ2v) is 5.75. The number of fused-ring (bicyclic) bond motifs is 1. The Morgan fingerprint density at radius 2 is 2.00 bits per heavy atom. The summed E-state index contributed by atoms with van der Waals surface area (Å²) in [5, 5.41) is 11.1. The fraction of sp³-hybridized carbons (Fsp3) is 0.733. The second kappa shape index (κ2) is 4.19. The summed E-state index contributed by atoms with van der Waals surface area (Å²) in [5.41, 5.74) is -1.86. The Kier molecular flexibility index (Phi) is 2.88. The average molecular weight is 250 g/mol. The predicted molar refractivity (Wildman–Crippen MR) is 69.4 cm³/mol. The minimum Gasteiger partial charge on any atom is -0.382 e. The summed E-state index contributed by atoms with van der Waals surface area (Å²) in [7, 11) is 0. The molecule has 1 aliphatic carbocycles. The molecule has 100 valence electrons. The lowest BCUT2D eigenvalue weighted by Gasteiger charge is -2.54. The second-order valence-electron chi connectivity index (χ2n) is 5.75. The maximum Gasteiger partial charge on any atom is 0.130 e. The largest absolute Gasteiger partial charge is 0.382 e. The normalized spacial score (nSPS) is 47.2. The van der Waals surface area contributed by atoms with Gasteiger partial charge in [0.15, 0.2) is 0 Å². The zero-order chi connectivity index (χ0) is 12.7. The van der Waals surface area contributed by atoms with E-state index in [4.69, 9.17) is 9.47 Å². The van der Waals surface area contributed by atoms with Crippen molar-refractivity contribution in [1.29, 1.82) is 0 Å². The Balaban J connectivity index is 2.07. The van der Waals surface area contributed by atoms with Crippen LogP contribution in [0.25, 0.3) is 0 Å². The van der Waals surface area contributed by atoms with Gasteiger partial charge in [-0.05, 0) is 32.1 Å². The standard InChI is InChI=1S/C15H22O3/c1-2-6-13(16)7-3-8-14(9-4-11-17-14)15(13)10-5-12-18-15/h2-3,7,16H,1,4-6,8-12H2/t13-,14+,15+/m1/s1. The molecule has 0 bridgehead atoms. The van der Waals surface area contributed by atoms with Gasteiger partial charge < -0.3 is 14.6 Å².